The molecule has 1 aromatic carbocycles. The van der Waals surface area contributed by atoms with Crippen LogP contribution in [0, 0.1) is 0 Å². The Bertz CT molecular complexity index is 3300. The third-order valence-electron chi connectivity index (χ3n) is 15.7. The van der Waals surface area contributed by atoms with E-state index in [1.165, 1.54) is 44.2 Å². The smallest absolute Gasteiger partial charge is 0.268 e. The molecule has 97 heavy (non-hydrogen) atoms. The molecule has 2 aromatic rings. The summed E-state index contributed by atoms with van der Waals surface area (Å²) in [5.41, 5.74) is 9.41. The Labute approximate surface area is 556 Å². The van der Waals surface area contributed by atoms with Crippen LogP contribution in [0.3, 0.4) is 0 Å². The molecule has 1 aromatic heterocycles. The lowest BCUT2D eigenvalue weighted by Crippen LogP contribution is -2.64. The maximum absolute atomic E-state index is 15.0. The van der Waals surface area contributed by atoms with E-state index in [4.69, 9.17) is 20.9 Å². The average molecular weight is 1370 g/mol. The van der Waals surface area contributed by atoms with Crippen molar-refractivity contribution in [2.75, 3.05) is 13.2 Å². The predicted molar refractivity (Wildman–Crippen MR) is 339 cm³/mol. The number of carbonyl (C=O) groups is 12. The normalized spacial score (nSPS) is 26.3. The van der Waals surface area contributed by atoms with E-state index >= 15 is 0 Å². The van der Waals surface area contributed by atoms with Crippen LogP contribution in [0.15, 0.2) is 72.4 Å². The number of hydrogen-bond acceptors (Lipinski definition) is 22. The van der Waals surface area contributed by atoms with Crippen molar-refractivity contribution in [1.82, 2.24) is 63.1 Å². The van der Waals surface area contributed by atoms with E-state index in [9.17, 15) is 93.3 Å². The van der Waals surface area contributed by atoms with Crippen molar-refractivity contribution in [1.29, 1.82) is 0 Å². The van der Waals surface area contributed by atoms with Crippen molar-refractivity contribution in [3.8, 4) is 17.0 Å². The number of carbonyl (C=O) groups excluding carboxylic acids is 12. The van der Waals surface area contributed by atoms with Crippen LogP contribution in [-0.4, -0.2) is 221 Å². The number of aliphatic hydroxyl groups is 6. The van der Waals surface area contributed by atoms with Gasteiger partial charge in [-0.05, 0) is 64.7 Å². The number of aliphatic hydroxyl groups excluding tert-OH is 6. The van der Waals surface area contributed by atoms with Crippen LogP contribution in [0.25, 0.3) is 11.3 Å². The van der Waals surface area contributed by atoms with Gasteiger partial charge in [-0.3, -0.25) is 57.5 Å². The highest BCUT2D eigenvalue weighted by atomic mass is 16.7. The summed E-state index contributed by atoms with van der Waals surface area (Å²) in [7, 11) is 0. The molecule has 1 fully saturated rings. The number of aromatic nitrogens is 2. The van der Waals surface area contributed by atoms with E-state index in [1.807, 2.05) is 6.08 Å². The largest absolute Gasteiger partial charge is 0.507 e. The van der Waals surface area contributed by atoms with Crippen LogP contribution in [0.4, 0.5) is 0 Å². The van der Waals surface area contributed by atoms with Gasteiger partial charge in [-0.25, -0.2) is 4.98 Å². The Balaban J connectivity index is 1.63. The van der Waals surface area contributed by atoms with Crippen LogP contribution in [0.2, 0.25) is 0 Å². The van der Waals surface area contributed by atoms with Crippen molar-refractivity contribution < 1.29 is 103 Å². The van der Waals surface area contributed by atoms with Crippen molar-refractivity contribution in [2.45, 2.75) is 197 Å². The van der Waals surface area contributed by atoms with Gasteiger partial charge < -0.3 is 115 Å². The molecule has 532 valence electrons. The molecule has 0 spiro atoms. The number of phenolic OH excluding ortho intramolecular Hbond substituents is 1. The van der Waals surface area contributed by atoms with Gasteiger partial charge >= 0.3 is 0 Å². The van der Waals surface area contributed by atoms with E-state index in [0.29, 0.717) is 6.42 Å². The lowest BCUT2D eigenvalue weighted by atomic mass is 9.97. The first kappa shape index (κ1) is 78.2. The Kier molecular flexibility index (Phi) is 30.4. The van der Waals surface area contributed by atoms with E-state index in [0.717, 1.165) is 64.4 Å². The molecule has 35 heteroatoms. The van der Waals surface area contributed by atoms with E-state index in [1.54, 1.807) is 6.08 Å². The number of primary amides is 2. The summed E-state index contributed by atoms with van der Waals surface area (Å²) in [5.74, 6) is -15.2. The number of unbranched alkanes of at least 4 members (excludes halogenated alkanes) is 5. The molecule has 3 unspecified atom stereocenters. The summed E-state index contributed by atoms with van der Waals surface area (Å²) in [4.78, 5) is 175. The van der Waals surface area contributed by atoms with Gasteiger partial charge in [-0.15, -0.1) is 0 Å². The number of phenols is 1. The number of aromatic hydroxyl groups is 1. The summed E-state index contributed by atoms with van der Waals surface area (Å²) >= 11 is 0. The maximum atomic E-state index is 15.0. The van der Waals surface area contributed by atoms with Gasteiger partial charge in [0.2, 0.25) is 53.2 Å². The average Bonchev–Trinajstić information content (AvgIpc) is 1.80. The number of aromatic amines is 1. The van der Waals surface area contributed by atoms with Gasteiger partial charge in [0.1, 0.15) is 77.8 Å². The van der Waals surface area contributed by atoms with Crippen molar-refractivity contribution in [3.05, 3.63) is 83.6 Å². The molecule has 12 amide bonds. The van der Waals surface area contributed by atoms with Crippen molar-refractivity contribution in [3.63, 3.8) is 0 Å². The lowest BCUT2D eigenvalue weighted by molar-refractivity contribution is -0.283. The van der Waals surface area contributed by atoms with Crippen LogP contribution < -0.4 is 64.6 Å². The summed E-state index contributed by atoms with van der Waals surface area (Å²) in [5, 5.41) is 99.7. The summed E-state index contributed by atoms with van der Waals surface area (Å²) in [6, 6.07) is -9.64. The zero-order chi connectivity index (χ0) is 71.8. The topological polar surface area (TPSA) is 566 Å². The van der Waals surface area contributed by atoms with Gasteiger partial charge in [0.15, 0.2) is 12.4 Å². The van der Waals surface area contributed by atoms with Gasteiger partial charge in [0.25, 0.3) is 17.7 Å². The second-order valence-electron chi connectivity index (χ2n) is 23.3. The number of allylic oxidation sites excluding steroid dienone is 5. The van der Waals surface area contributed by atoms with Crippen LogP contribution in [0.1, 0.15) is 104 Å². The zero-order valence-electron chi connectivity index (χ0n) is 54.1. The monoisotopic (exact) mass is 1360 g/mol. The molecule has 22 N–H and O–H groups in total. The van der Waals surface area contributed by atoms with E-state index in [2.05, 4.69) is 70.1 Å². The van der Waals surface area contributed by atoms with Gasteiger partial charge in [-0.1, -0.05) is 75.1 Å². The number of nitrogens with zero attached hydrogens (tertiary/aromatic N) is 1. The second kappa shape index (κ2) is 37.7. The van der Waals surface area contributed by atoms with Gasteiger partial charge in [0.05, 0.1) is 49.8 Å². The fraction of sp³-hybridized carbons (Fsp3) is 0.532. The third-order valence-corrected chi connectivity index (χ3v) is 15.7. The maximum Gasteiger partial charge on any atom is 0.268 e. The minimum absolute atomic E-state index is 0.00419. The molecule has 1 saturated heterocycles. The number of amides is 12. The Hall–Kier alpha value is -9.49. The number of H-pyrrole nitrogens is 1. The van der Waals surface area contributed by atoms with Crippen LogP contribution in [0.5, 0.6) is 5.75 Å². The quantitative estimate of drug-likeness (QED) is 0.0296. The molecule has 5 rings (SSSR count). The number of hydrogen-bond donors (Lipinski definition) is 20. The van der Waals surface area contributed by atoms with Crippen LogP contribution in [-0.2, 0) is 79.8 Å². The fourth-order valence-electron chi connectivity index (χ4n) is 10.2. The lowest BCUT2D eigenvalue weighted by Gasteiger charge is -2.36. The molecule has 4 bridgehead atoms. The first-order chi connectivity index (χ1) is 46.0. The Morgan fingerprint density at radius 1 is 0.804 bits per heavy atom. The number of nitrogens with two attached hydrogens (primary N) is 2. The highest BCUT2D eigenvalue weighted by molar-refractivity contribution is 6.04. The number of ether oxygens (including phenoxy) is 2. The molecule has 3 aliphatic heterocycles. The minimum Gasteiger partial charge on any atom is -0.507 e. The Morgan fingerprint density at radius 2 is 1.51 bits per heavy atom. The van der Waals surface area contributed by atoms with E-state index < -0.39 is 225 Å². The van der Waals surface area contributed by atoms with Gasteiger partial charge in [-0.2, -0.15) is 0 Å². The molecule has 0 saturated carbocycles. The molecular weight excluding hydrogens is 1280 g/mol. The van der Waals surface area contributed by atoms with Gasteiger partial charge in [0, 0.05) is 30.5 Å². The molecule has 15 atom stereocenters. The van der Waals surface area contributed by atoms with Crippen molar-refractivity contribution in [2.24, 2.45) is 11.5 Å². The first-order valence-electron chi connectivity index (χ1n) is 31.4. The molecule has 3 aliphatic rings. The van der Waals surface area contributed by atoms with Crippen molar-refractivity contribution >= 4 is 70.9 Å². The highest BCUT2D eigenvalue weighted by Crippen LogP contribution is 2.32. The summed E-state index contributed by atoms with van der Waals surface area (Å²) < 4.78 is 11.1. The number of imidazole rings is 1. The molecule has 0 aliphatic carbocycles. The number of nitrogens with one attached hydrogen (secondary N) is 11. The number of rotatable bonds is 22. The summed E-state index contributed by atoms with van der Waals surface area (Å²) in [6.45, 7) is 5.26. The SMILES string of the molecule is C/C=C1\NC(=O)[C@@H]2Cc3ccc(O)c(c3)-c3nc[nH]c3C[C@H](NC(=O)[C@@H](CCC(N)=O)NC(=O)CNC(=O)C([C@@H](O)CC(N)=O)NC1=O)C(=O)N[C@H](C)[C@H](NC(=O)/C(=C\C)NC(=O)[C@@H](O)[C@@H](/C=C/C=C/CCCCCCC)OC1OC[C@@H](O)[C@H](O)[C@@H]1O)C(=O)N[C@H](C(C)O)C(=O)N2. The minimum atomic E-state index is -2.25. The Morgan fingerprint density at radius 3 is 2.18 bits per heavy atom. The van der Waals surface area contributed by atoms with E-state index in [-0.39, 0.29) is 22.5 Å². The second-order valence-corrected chi connectivity index (χ2v) is 23.3. The van der Waals surface area contributed by atoms with Crippen LogP contribution >= 0.6 is 0 Å². The first-order valence-corrected chi connectivity index (χ1v) is 31.4. The number of benzene rings is 1. The zero-order valence-corrected chi connectivity index (χ0v) is 54.1. The highest BCUT2D eigenvalue weighted by Gasteiger charge is 2.43. The predicted octanol–water partition coefficient (Wildman–Crippen LogP) is -6.00. The number of fused-ring (bicyclic) bond motifs is 2. The molecule has 4 heterocycles. The summed E-state index contributed by atoms with van der Waals surface area (Å²) in [6.07, 6.45) is -3.03. The molecule has 35 nitrogen and oxygen atoms in total. The third kappa shape index (κ3) is 23.1. The standard InChI is InChI=1S/C62H88N14O21/c1-6-9-10-11-12-13-14-15-16-17-42(97-62-52(86)50(84)41(80)27-96-62)51(85)61(95)71-34(8-3)53(87)74-46-29(4)68-56(90)38-24-36-48(67-28-66-36)32-22-31(18-20-39(32)78)23-37(73-60(94)47(30(5)77)75-59(46)93)57(91)70-33(7-2)54(88)76-49(40(79)25-44(64)82)58(92)65-26-45(83)69-35(55(89)72-38)19-21-43(63)81/h7-8,14-18,20,22,28-30,35,37-38,40-42,46-47,49-52,62,77-80,84-86H,6,9-13,19,21,23-27H2,1-5H3,(H2,63,81)(H2,64,82)(H,65,92)(H,66,67)(H,68,90)(H,69,83)(H,70,91)(H,71,95)(H,72,89)(H,73,94)(H,74,87)(H,75,93)(H,76,88)/b15-14+,17-16+,33-7-,34-8+/t29-,30?,35-,37+,38+,40+,41-,42-,46+,47-,49?,50+,51+,52+,62?/m1/s1. The molecule has 0 radical (unpaired) electrons. The molecular formula is C62H88N14O21. The fourth-order valence-corrected chi connectivity index (χ4v) is 10.2.